The molecule has 88 valence electrons. The van der Waals surface area contributed by atoms with E-state index in [0.717, 1.165) is 0 Å². The number of nitrogens with zero attached hydrogens (tertiary/aromatic N) is 3. The van der Waals surface area contributed by atoms with Crippen LogP contribution in [0.4, 0.5) is 0 Å². The molecule has 6 heteroatoms. The number of pyridine rings is 1. The van der Waals surface area contributed by atoms with E-state index in [1.807, 2.05) is 0 Å². The lowest BCUT2D eigenvalue weighted by Crippen LogP contribution is -2.26. The molecule has 0 spiro atoms. The molecule has 1 aliphatic rings. The second-order valence-corrected chi connectivity index (χ2v) is 4.52. The van der Waals surface area contributed by atoms with Crippen LogP contribution in [0.15, 0.2) is 22.9 Å². The molecule has 0 saturated heterocycles. The molecule has 2 heterocycles. The van der Waals surface area contributed by atoms with Gasteiger partial charge in [-0.05, 0) is 25.0 Å². The summed E-state index contributed by atoms with van der Waals surface area (Å²) in [5.74, 6) is 1.10. The molecule has 5 nitrogen and oxygen atoms in total. The molecule has 1 N–H and O–H groups in total. The Kier molecular flexibility index (Phi) is 2.57. The van der Waals surface area contributed by atoms with Gasteiger partial charge in [0.1, 0.15) is 5.69 Å². The van der Waals surface area contributed by atoms with Crippen LogP contribution in [-0.2, 0) is 0 Å². The van der Waals surface area contributed by atoms with Gasteiger partial charge in [0.2, 0.25) is 11.7 Å². The first kappa shape index (κ1) is 10.7. The highest BCUT2D eigenvalue weighted by Gasteiger charge is 2.33. The van der Waals surface area contributed by atoms with Crippen LogP contribution >= 0.6 is 11.6 Å². The maximum Gasteiger partial charge on any atom is 0.230 e. The molecule has 0 unspecified atom stereocenters. The lowest BCUT2D eigenvalue weighted by Gasteiger charge is -2.27. The van der Waals surface area contributed by atoms with Crippen LogP contribution in [0.3, 0.4) is 0 Å². The van der Waals surface area contributed by atoms with Crippen molar-refractivity contribution in [3.8, 4) is 11.5 Å². The van der Waals surface area contributed by atoms with Gasteiger partial charge in [0.25, 0.3) is 0 Å². The Morgan fingerprint density at radius 2 is 2.24 bits per heavy atom. The second kappa shape index (κ2) is 4.09. The van der Waals surface area contributed by atoms with E-state index < -0.39 is 0 Å². The summed E-state index contributed by atoms with van der Waals surface area (Å²) in [4.78, 5) is 8.38. The van der Waals surface area contributed by atoms with Gasteiger partial charge in [0.15, 0.2) is 0 Å². The first-order valence-electron chi connectivity index (χ1n) is 5.36. The molecule has 1 saturated carbocycles. The molecule has 1 aliphatic carbocycles. The summed E-state index contributed by atoms with van der Waals surface area (Å²) in [5.41, 5.74) is 0.518. The van der Waals surface area contributed by atoms with Crippen molar-refractivity contribution in [2.45, 2.75) is 24.9 Å². The van der Waals surface area contributed by atoms with E-state index in [1.165, 1.54) is 0 Å². The summed E-state index contributed by atoms with van der Waals surface area (Å²) in [6.07, 6.45) is 2.74. The zero-order chi connectivity index (χ0) is 11.8. The topological polar surface area (TPSA) is 72.0 Å². The highest BCUT2D eigenvalue weighted by molar-refractivity contribution is 6.32. The van der Waals surface area contributed by atoms with Crippen molar-refractivity contribution in [3.05, 3.63) is 29.2 Å². The minimum Gasteiger partial charge on any atom is -0.393 e. The van der Waals surface area contributed by atoms with Gasteiger partial charge in [0.05, 0.1) is 11.1 Å². The van der Waals surface area contributed by atoms with E-state index in [1.54, 1.807) is 18.3 Å². The number of rotatable bonds is 2. The number of halogens is 1. The largest absolute Gasteiger partial charge is 0.393 e. The van der Waals surface area contributed by atoms with Gasteiger partial charge in [-0.1, -0.05) is 16.8 Å². The minimum absolute atomic E-state index is 0.161. The lowest BCUT2D eigenvalue weighted by molar-refractivity contribution is 0.0625. The zero-order valence-corrected chi connectivity index (χ0v) is 9.63. The summed E-state index contributed by atoms with van der Waals surface area (Å²) in [5, 5.41) is 13.6. The molecule has 0 radical (unpaired) electrons. The van der Waals surface area contributed by atoms with Gasteiger partial charge in [-0.2, -0.15) is 4.98 Å². The van der Waals surface area contributed by atoms with Crippen molar-refractivity contribution < 1.29 is 9.63 Å². The van der Waals surface area contributed by atoms with Crippen LogP contribution in [0.2, 0.25) is 5.02 Å². The third-order valence-electron chi connectivity index (χ3n) is 2.87. The average molecular weight is 252 g/mol. The SMILES string of the molecule is OC1CC(c2nc(-c3ncccc3Cl)no2)C1. The van der Waals surface area contributed by atoms with E-state index in [2.05, 4.69) is 15.1 Å². The predicted molar refractivity (Wildman–Crippen MR) is 60.5 cm³/mol. The minimum atomic E-state index is -0.242. The molecule has 2 aromatic heterocycles. The summed E-state index contributed by atoms with van der Waals surface area (Å²) >= 11 is 5.99. The maximum absolute atomic E-state index is 9.22. The van der Waals surface area contributed by atoms with Crippen molar-refractivity contribution in [1.29, 1.82) is 0 Å². The van der Waals surface area contributed by atoms with Gasteiger partial charge in [-0.25, -0.2) is 0 Å². The number of aliphatic hydroxyl groups excluding tert-OH is 1. The highest BCUT2D eigenvalue weighted by atomic mass is 35.5. The third-order valence-corrected chi connectivity index (χ3v) is 3.18. The number of aliphatic hydroxyl groups is 1. The van der Waals surface area contributed by atoms with Gasteiger partial charge < -0.3 is 9.63 Å². The van der Waals surface area contributed by atoms with Crippen molar-refractivity contribution >= 4 is 11.6 Å². The first-order chi connectivity index (χ1) is 8.24. The fourth-order valence-electron chi connectivity index (χ4n) is 1.84. The standard InChI is InChI=1S/C11H10ClN3O2/c12-8-2-1-3-13-9(8)10-14-11(17-15-10)6-4-7(16)5-6/h1-3,6-7,16H,4-5H2. The van der Waals surface area contributed by atoms with E-state index in [9.17, 15) is 5.11 Å². The Balaban J connectivity index is 1.88. The van der Waals surface area contributed by atoms with Crippen LogP contribution in [0.1, 0.15) is 24.7 Å². The van der Waals surface area contributed by atoms with E-state index in [0.29, 0.717) is 35.3 Å². The highest BCUT2D eigenvalue weighted by Crippen LogP contribution is 2.36. The van der Waals surface area contributed by atoms with Crippen LogP contribution < -0.4 is 0 Å². The van der Waals surface area contributed by atoms with Gasteiger partial charge >= 0.3 is 0 Å². The van der Waals surface area contributed by atoms with Crippen LogP contribution in [0, 0.1) is 0 Å². The average Bonchev–Trinajstić information content (AvgIpc) is 2.74. The second-order valence-electron chi connectivity index (χ2n) is 4.11. The van der Waals surface area contributed by atoms with Gasteiger partial charge in [-0.3, -0.25) is 4.98 Å². The Hall–Kier alpha value is -1.46. The van der Waals surface area contributed by atoms with E-state index in [4.69, 9.17) is 16.1 Å². The fourth-order valence-corrected chi connectivity index (χ4v) is 2.04. The Morgan fingerprint density at radius 1 is 1.41 bits per heavy atom. The van der Waals surface area contributed by atoms with Gasteiger partial charge in [-0.15, -0.1) is 0 Å². The van der Waals surface area contributed by atoms with Crippen molar-refractivity contribution in [1.82, 2.24) is 15.1 Å². The van der Waals surface area contributed by atoms with E-state index >= 15 is 0 Å². The normalized spacial score (nSPS) is 23.4. The fraction of sp³-hybridized carbons (Fsp3) is 0.364. The third kappa shape index (κ3) is 1.92. The molecule has 0 aromatic carbocycles. The summed E-state index contributed by atoms with van der Waals surface area (Å²) in [7, 11) is 0. The maximum atomic E-state index is 9.22. The monoisotopic (exact) mass is 251 g/mol. The van der Waals surface area contributed by atoms with E-state index in [-0.39, 0.29) is 12.0 Å². The van der Waals surface area contributed by atoms with Gasteiger partial charge in [0, 0.05) is 12.1 Å². The Bertz CT molecular complexity index is 537. The molecule has 0 aliphatic heterocycles. The first-order valence-corrected chi connectivity index (χ1v) is 5.74. The molecule has 0 atom stereocenters. The molecular weight excluding hydrogens is 242 g/mol. The van der Waals surface area contributed by atoms with Crippen molar-refractivity contribution in [2.24, 2.45) is 0 Å². The molecule has 0 amide bonds. The zero-order valence-electron chi connectivity index (χ0n) is 8.88. The quantitative estimate of drug-likeness (QED) is 0.884. The lowest BCUT2D eigenvalue weighted by atomic mass is 9.82. The summed E-state index contributed by atoms with van der Waals surface area (Å²) in [6.45, 7) is 0. The molecule has 17 heavy (non-hydrogen) atoms. The Labute approximate surface area is 102 Å². The predicted octanol–water partition coefficient (Wildman–Crippen LogP) is 2.02. The van der Waals surface area contributed by atoms with Crippen LogP contribution in [-0.4, -0.2) is 26.3 Å². The molecular formula is C11H10ClN3O2. The number of aromatic nitrogens is 3. The molecule has 0 bridgehead atoms. The number of hydrogen-bond donors (Lipinski definition) is 1. The van der Waals surface area contributed by atoms with Crippen LogP contribution in [0.25, 0.3) is 11.5 Å². The molecule has 3 rings (SSSR count). The van der Waals surface area contributed by atoms with Crippen molar-refractivity contribution in [3.63, 3.8) is 0 Å². The van der Waals surface area contributed by atoms with Crippen molar-refractivity contribution in [2.75, 3.05) is 0 Å². The molecule has 2 aromatic rings. The summed E-state index contributed by atoms with van der Waals surface area (Å²) < 4.78 is 5.16. The summed E-state index contributed by atoms with van der Waals surface area (Å²) in [6, 6.07) is 3.47. The smallest absolute Gasteiger partial charge is 0.230 e. The molecule has 1 fully saturated rings. The van der Waals surface area contributed by atoms with Crippen LogP contribution in [0.5, 0.6) is 0 Å². The number of hydrogen-bond acceptors (Lipinski definition) is 5. The Morgan fingerprint density at radius 3 is 2.94 bits per heavy atom.